The van der Waals surface area contributed by atoms with Crippen LogP contribution >= 0.6 is 11.8 Å². The molecule has 0 spiro atoms. The first-order valence-electron chi connectivity index (χ1n) is 10.1. The average Bonchev–Trinajstić information content (AvgIpc) is 2.71. The number of carbonyl (C=O) groups excluding carboxylic acids is 1. The van der Waals surface area contributed by atoms with E-state index in [1.165, 1.54) is 65.1 Å². The van der Waals surface area contributed by atoms with Crippen LogP contribution in [0.5, 0.6) is 0 Å². The topological polar surface area (TPSA) is 20.3 Å². The van der Waals surface area contributed by atoms with Crippen molar-refractivity contribution in [2.75, 3.05) is 13.1 Å². The molecule has 3 aliphatic heterocycles. The second kappa shape index (κ2) is 6.96. The molecular formula is C24H25NOS. The van der Waals surface area contributed by atoms with E-state index in [0.29, 0.717) is 0 Å². The van der Waals surface area contributed by atoms with Crippen molar-refractivity contribution in [1.82, 2.24) is 4.90 Å². The standard InChI is InChI=1S/C24H25NOS/c1-16(26)17-10-12-23-21(14-17)24(20-7-2-3-8-22(20)27-23)18-9-11-19-6-4-5-13-25(19)15-18/h2-3,7-8,10,12,14,19H,4-6,9,11,13,15H2,1H3/b24-18+. The quantitative estimate of drug-likeness (QED) is 0.501. The number of Topliss-reactive ketones (excluding diaryl/α,β-unsaturated/α-hetero) is 1. The molecule has 2 nitrogen and oxygen atoms in total. The Labute approximate surface area is 165 Å². The normalized spacial score (nSPS) is 24.7. The molecule has 0 radical (unpaired) electrons. The van der Waals surface area contributed by atoms with Crippen LogP contribution in [-0.2, 0) is 0 Å². The van der Waals surface area contributed by atoms with E-state index in [2.05, 4.69) is 41.3 Å². The van der Waals surface area contributed by atoms with E-state index in [1.807, 2.05) is 17.8 Å². The summed E-state index contributed by atoms with van der Waals surface area (Å²) in [6.07, 6.45) is 6.53. The minimum Gasteiger partial charge on any atom is -0.296 e. The Bertz CT molecular complexity index is 945. The first kappa shape index (κ1) is 17.3. The lowest BCUT2D eigenvalue weighted by Gasteiger charge is -2.41. The SMILES string of the molecule is CC(=O)c1ccc2c(c1)/C(=C1\CCC3CCCCN3C1)c1ccccc1S2. The summed E-state index contributed by atoms with van der Waals surface area (Å²) in [6, 6.07) is 15.8. The van der Waals surface area contributed by atoms with E-state index >= 15 is 0 Å². The van der Waals surface area contributed by atoms with Gasteiger partial charge in [0.2, 0.25) is 0 Å². The summed E-state index contributed by atoms with van der Waals surface area (Å²) in [5.74, 6) is 0.144. The summed E-state index contributed by atoms with van der Waals surface area (Å²) in [6.45, 7) is 3.98. The van der Waals surface area contributed by atoms with Gasteiger partial charge in [0.25, 0.3) is 0 Å². The van der Waals surface area contributed by atoms with Gasteiger partial charge in [0.1, 0.15) is 0 Å². The van der Waals surface area contributed by atoms with Crippen LogP contribution in [0.25, 0.3) is 5.57 Å². The van der Waals surface area contributed by atoms with Crippen molar-refractivity contribution in [3.05, 3.63) is 64.7 Å². The number of carbonyl (C=O) groups is 1. The van der Waals surface area contributed by atoms with Crippen molar-refractivity contribution in [1.29, 1.82) is 0 Å². The van der Waals surface area contributed by atoms with Gasteiger partial charge in [0, 0.05) is 27.9 Å². The number of piperidine rings is 2. The molecule has 0 amide bonds. The van der Waals surface area contributed by atoms with Gasteiger partial charge in [-0.25, -0.2) is 0 Å². The largest absolute Gasteiger partial charge is 0.296 e. The van der Waals surface area contributed by atoms with Crippen LogP contribution in [-0.4, -0.2) is 29.8 Å². The predicted octanol–water partition coefficient (Wildman–Crippen LogP) is 5.80. The van der Waals surface area contributed by atoms with E-state index in [1.54, 1.807) is 12.5 Å². The first-order chi connectivity index (χ1) is 13.2. The van der Waals surface area contributed by atoms with Crippen molar-refractivity contribution in [3.63, 3.8) is 0 Å². The minimum absolute atomic E-state index is 0.144. The summed E-state index contributed by atoms with van der Waals surface area (Å²) >= 11 is 1.83. The summed E-state index contributed by atoms with van der Waals surface area (Å²) in [4.78, 5) is 17.3. The van der Waals surface area contributed by atoms with Crippen molar-refractivity contribution in [3.8, 4) is 0 Å². The Kier molecular flexibility index (Phi) is 4.45. The van der Waals surface area contributed by atoms with Gasteiger partial charge < -0.3 is 0 Å². The Morgan fingerprint density at radius 2 is 1.89 bits per heavy atom. The monoisotopic (exact) mass is 375 g/mol. The highest BCUT2D eigenvalue weighted by atomic mass is 32.2. The maximum absolute atomic E-state index is 12.0. The number of nitrogens with zero attached hydrogens (tertiary/aromatic N) is 1. The molecule has 0 saturated carbocycles. The van der Waals surface area contributed by atoms with Crippen LogP contribution in [0.3, 0.4) is 0 Å². The Hall–Kier alpha value is -1.84. The zero-order valence-electron chi connectivity index (χ0n) is 15.8. The summed E-state index contributed by atoms with van der Waals surface area (Å²) in [7, 11) is 0. The van der Waals surface area contributed by atoms with Gasteiger partial charge >= 0.3 is 0 Å². The molecule has 0 aromatic heterocycles. The molecule has 1 unspecified atom stereocenters. The van der Waals surface area contributed by atoms with Gasteiger partial charge in [-0.05, 0) is 79.6 Å². The third-order valence-electron chi connectivity index (χ3n) is 6.31. The highest BCUT2D eigenvalue weighted by molar-refractivity contribution is 7.99. The van der Waals surface area contributed by atoms with Crippen LogP contribution in [0, 0.1) is 0 Å². The number of hydrogen-bond acceptors (Lipinski definition) is 3. The van der Waals surface area contributed by atoms with E-state index < -0.39 is 0 Å². The first-order valence-corrected chi connectivity index (χ1v) is 10.9. The lowest BCUT2D eigenvalue weighted by atomic mass is 9.84. The van der Waals surface area contributed by atoms with Crippen LogP contribution in [0.4, 0.5) is 0 Å². The number of benzene rings is 2. The molecule has 3 heterocycles. The molecule has 0 N–H and O–H groups in total. The van der Waals surface area contributed by atoms with E-state index in [-0.39, 0.29) is 5.78 Å². The highest BCUT2D eigenvalue weighted by Crippen LogP contribution is 2.48. The Balaban J connectivity index is 1.66. The molecule has 27 heavy (non-hydrogen) atoms. The van der Waals surface area contributed by atoms with Crippen LogP contribution in [0.1, 0.15) is 60.5 Å². The lowest BCUT2D eigenvalue weighted by Crippen LogP contribution is -2.43. The molecule has 0 aliphatic carbocycles. The number of rotatable bonds is 1. The van der Waals surface area contributed by atoms with Crippen LogP contribution in [0.15, 0.2) is 57.8 Å². The molecule has 3 heteroatoms. The summed E-state index contributed by atoms with van der Waals surface area (Å²) in [5, 5.41) is 0. The van der Waals surface area contributed by atoms with E-state index in [4.69, 9.17) is 0 Å². The molecule has 5 rings (SSSR count). The maximum Gasteiger partial charge on any atom is 0.159 e. The van der Waals surface area contributed by atoms with Gasteiger partial charge in [0.15, 0.2) is 5.78 Å². The van der Waals surface area contributed by atoms with Crippen LogP contribution in [0.2, 0.25) is 0 Å². The highest BCUT2D eigenvalue weighted by Gasteiger charge is 2.31. The molecule has 2 aromatic carbocycles. The van der Waals surface area contributed by atoms with Crippen molar-refractivity contribution >= 4 is 23.1 Å². The second-order valence-electron chi connectivity index (χ2n) is 8.00. The van der Waals surface area contributed by atoms with Gasteiger partial charge in [-0.15, -0.1) is 0 Å². The number of hydrogen-bond donors (Lipinski definition) is 0. The van der Waals surface area contributed by atoms with Crippen LogP contribution < -0.4 is 0 Å². The second-order valence-corrected chi connectivity index (χ2v) is 9.09. The lowest BCUT2D eigenvalue weighted by molar-refractivity contribution is 0.101. The molecule has 2 saturated heterocycles. The molecule has 2 fully saturated rings. The average molecular weight is 376 g/mol. The summed E-state index contributed by atoms with van der Waals surface area (Å²) < 4.78 is 0. The smallest absolute Gasteiger partial charge is 0.159 e. The van der Waals surface area contributed by atoms with E-state index in [0.717, 1.165) is 18.2 Å². The molecule has 1 atom stereocenters. The fraction of sp³-hybridized carbons (Fsp3) is 0.375. The number of fused-ring (bicyclic) bond motifs is 3. The predicted molar refractivity (Wildman–Crippen MR) is 111 cm³/mol. The van der Waals surface area contributed by atoms with Crippen molar-refractivity contribution in [2.45, 2.75) is 54.9 Å². The van der Waals surface area contributed by atoms with Gasteiger partial charge in [-0.2, -0.15) is 0 Å². The zero-order valence-corrected chi connectivity index (χ0v) is 16.6. The van der Waals surface area contributed by atoms with Crippen molar-refractivity contribution < 1.29 is 4.79 Å². The Morgan fingerprint density at radius 1 is 1.04 bits per heavy atom. The van der Waals surface area contributed by atoms with E-state index in [9.17, 15) is 4.79 Å². The number of ketones is 1. The Morgan fingerprint density at radius 3 is 2.78 bits per heavy atom. The molecule has 0 bridgehead atoms. The third-order valence-corrected chi connectivity index (χ3v) is 7.46. The van der Waals surface area contributed by atoms with Crippen molar-refractivity contribution in [2.24, 2.45) is 0 Å². The van der Waals surface area contributed by atoms with Gasteiger partial charge in [-0.1, -0.05) is 42.4 Å². The minimum atomic E-state index is 0.144. The fourth-order valence-corrected chi connectivity index (χ4v) is 5.97. The molecule has 2 aromatic rings. The molecule has 3 aliphatic rings. The maximum atomic E-state index is 12.0. The molecule has 138 valence electrons. The summed E-state index contributed by atoms with van der Waals surface area (Å²) in [5.41, 5.74) is 6.38. The molecular weight excluding hydrogens is 350 g/mol. The fourth-order valence-electron chi connectivity index (χ4n) is 4.90. The van der Waals surface area contributed by atoms with Gasteiger partial charge in [-0.3, -0.25) is 9.69 Å². The van der Waals surface area contributed by atoms with Gasteiger partial charge in [0.05, 0.1) is 0 Å². The zero-order chi connectivity index (χ0) is 18.4. The third kappa shape index (κ3) is 3.07.